The molecule has 0 fully saturated rings. The van der Waals surface area contributed by atoms with Crippen molar-refractivity contribution in [1.29, 1.82) is 0 Å². The summed E-state index contributed by atoms with van der Waals surface area (Å²) in [6, 6.07) is 73.7. The number of fused-ring (bicyclic) bond motifs is 13. The minimum Gasteiger partial charge on any atom is -0.238 e. The smallest absolute Gasteiger partial charge is 0.187 e. The lowest BCUT2D eigenvalue weighted by Crippen LogP contribution is -2.26. The maximum Gasteiger partial charge on any atom is 0.187 e. The molecule has 0 saturated carbocycles. The van der Waals surface area contributed by atoms with Crippen LogP contribution in [0.1, 0.15) is 22.3 Å². The monoisotopic (exact) mass is 830 g/mol. The Morgan fingerprint density at radius 1 is 0.359 bits per heavy atom. The Bertz CT molecular complexity index is 3670. The van der Waals surface area contributed by atoms with E-state index in [-0.39, 0.29) is 0 Å². The number of hydrogen-bond acceptors (Lipinski definition) is 4. The number of nitrogens with zero attached hydrogens (tertiary/aromatic N) is 4. The molecule has 5 heteroatoms. The van der Waals surface area contributed by atoms with Gasteiger partial charge >= 0.3 is 0 Å². The van der Waals surface area contributed by atoms with E-state index < -0.39 is 5.41 Å². The van der Waals surface area contributed by atoms with Gasteiger partial charge in [0.1, 0.15) is 0 Å². The number of hydrogen-bond donors (Lipinski definition) is 0. The minimum atomic E-state index is -0.408. The normalized spacial score (nSPS) is 12.8. The molecule has 4 nitrogen and oxygen atoms in total. The van der Waals surface area contributed by atoms with Crippen LogP contribution >= 0.6 is 11.3 Å². The Balaban J connectivity index is 0.871. The number of benzene rings is 9. The van der Waals surface area contributed by atoms with Gasteiger partial charge in [-0.1, -0.05) is 194 Å². The topological polar surface area (TPSA) is 43.0 Å². The molecule has 0 aliphatic heterocycles. The molecule has 13 rings (SSSR count). The third-order valence-corrected chi connectivity index (χ3v) is 14.3. The van der Waals surface area contributed by atoms with Crippen LogP contribution in [0, 0.1) is 6.57 Å². The van der Waals surface area contributed by atoms with Gasteiger partial charge in [-0.3, -0.25) is 0 Å². The van der Waals surface area contributed by atoms with E-state index in [1.807, 2.05) is 48.5 Å². The van der Waals surface area contributed by atoms with Crippen molar-refractivity contribution in [3.8, 4) is 78.7 Å². The zero-order valence-corrected chi connectivity index (χ0v) is 35.1. The summed E-state index contributed by atoms with van der Waals surface area (Å²) >= 11 is 1.72. The van der Waals surface area contributed by atoms with Crippen LogP contribution in [0.4, 0.5) is 5.69 Å². The summed E-state index contributed by atoms with van der Waals surface area (Å²) in [5.41, 5.74) is 18.3. The van der Waals surface area contributed by atoms with Crippen LogP contribution in [-0.2, 0) is 5.41 Å². The Morgan fingerprint density at radius 3 is 1.47 bits per heavy atom. The van der Waals surface area contributed by atoms with Crippen molar-refractivity contribution in [2.45, 2.75) is 5.41 Å². The molecule has 0 bridgehead atoms. The summed E-state index contributed by atoms with van der Waals surface area (Å²) in [4.78, 5) is 18.8. The van der Waals surface area contributed by atoms with Crippen LogP contribution in [0.3, 0.4) is 0 Å². The fraction of sp³-hybridized carbons (Fsp3) is 0.0169. The second-order valence-corrected chi connectivity index (χ2v) is 17.6. The molecule has 0 atom stereocenters. The summed E-state index contributed by atoms with van der Waals surface area (Å²) in [6.45, 7) is 7.50. The molecule has 0 radical (unpaired) electrons. The highest BCUT2D eigenvalue weighted by atomic mass is 32.1. The Hall–Kier alpha value is -8.30. The van der Waals surface area contributed by atoms with E-state index in [1.165, 1.54) is 55.6 Å². The summed E-state index contributed by atoms with van der Waals surface area (Å²) in [7, 11) is 0. The molecule has 11 aromatic rings. The second-order valence-electron chi connectivity index (χ2n) is 16.5. The number of thiophene rings is 1. The molecule has 296 valence electrons. The maximum absolute atomic E-state index is 7.50. The van der Waals surface area contributed by atoms with Crippen molar-refractivity contribution < 1.29 is 0 Å². The predicted molar refractivity (Wildman–Crippen MR) is 262 cm³/mol. The van der Waals surface area contributed by atoms with Gasteiger partial charge in [-0.2, -0.15) is 0 Å². The molecule has 2 aliphatic rings. The van der Waals surface area contributed by atoms with E-state index in [9.17, 15) is 0 Å². The predicted octanol–water partition coefficient (Wildman–Crippen LogP) is 15.5. The molecular weight excluding hydrogens is 797 g/mol. The first-order valence-electron chi connectivity index (χ1n) is 21.5. The van der Waals surface area contributed by atoms with E-state index in [4.69, 9.17) is 21.5 Å². The minimum absolute atomic E-state index is 0.408. The van der Waals surface area contributed by atoms with Crippen molar-refractivity contribution in [3.05, 3.63) is 240 Å². The molecule has 64 heavy (non-hydrogen) atoms. The van der Waals surface area contributed by atoms with Crippen LogP contribution in [0.5, 0.6) is 0 Å². The van der Waals surface area contributed by atoms with Gasteiger partial charge in [0, 0.05) is 26.1 Å². The summed E-state index contributed by atoms with van der Waals surface area (Å²) in [6.07, 6.45) is 0. The van der Waals surface area contributed by atoms with E-state index in [2.05, 4.69) is 163 Å². The van der Waals surface area contributed by atoms with Crippen molar-refractivity contribution in [3.63, 3.8) is 0 Å². The maximum atomic E-state index is 7.50. The molecule has 2 aliphatic carbocycles. The number of aromatic nitrogens is 3. The summed E-state index contributed by atoms with van der Waals surface area (Å²) < 4.78 is 2.28. The summed E-state index contributed by atoms with van der Waals surface area (Å²) in [5.74, 6) is 1.86. The first kappa shape index (κ1) is 36.4. The second kappa shape index (κ2) is 14.1. The molecule has 0 saturated heterocycles. The molecule has 9 aromatic carbocycles. The van der Waals surface area contributed by atoms with E-state index in [0.29, 0.717) is 23.2 Å². The van der Waals surface area contributed by atoms with Gasteiger partial charge in [-0.25, -0.2) is 19.8 Å². The van der Waals surface area contributed by atoms with Gasteiger partial charge in [0.25, 0.3) is 0 Å². The van der Waals surface area contributed by atoms with Gasteiger partial charge in [-0.15, -0.1) is 11.3 Å². The van der Waals surface area contributed by atoms with Gasteiger partial charge < -0.3 is 0 Å². The average Bonchev–Trinajstić information content (AvgIpc) is 4.00. The lowest BCUT2D eigenvalue weighted by molar-refractivity contribution is 0.796. The fourth-order valence-electron chi connectivity index (χ4n) is 10.4. The lowest BCUT2D eigenvalue weighted by atomic mass is 9.68. The van der Waals surface area contributed by atoms with Crippen LogP contribution in [0.25, 0.3) is 104 Å². The van der Waals surface area contributed by atoms with Crippen LogP contribution in [-0.4, -0.2) is 15.0 Å². The van der Waals surface area contributed by atoms with Gasteiger partial charge in [0.2, 0.25) is 0 Å². The Morgan fingerprint density at radius 2 is 0.844 bits per heavy atom. The van der Waals surface area contributed by atoms with Gasteiger partial charge in [0.15, 0.2) is 23.2 Å². The molecule has 2 aromatic heterocycles. The fourth-order valence-corrected chi connectivity index (χ4v) is 11.5. The highest BCUT2D eigenvalue weighted by molar-refractivity contribution is 7.25. The van der Waals surface area contributed by atoms with Crippen LogP contribution < -0.4 is 0 Å². The van der Waals surface area contributed by atoms with E-state index in [1.54, 1.807) is 11.3 Å². The van der Waals surface area contributed by atoms with Crippen molar-refractivity contribution in [2.24, 2.45) is 0 Å². The van der Waals surface area contributed by atoms with Gasteiger partial charge in [-0.05, 0) is 89.7 Å². The third kappa shape index (κ3) is 5.37. The Labute approximate surface area is 374 Å². The first-order valence-corrected chi connectivity index (χ1v) is 22.3. The van der Waals surface area contributed by atoms with Crippen molar-refractivity contribution >= 4 is 37.2 Å². The SMILES string of the molecule is [C-]#[N+]c1ccc2sc3cc(-c4nc(-c5ccccc5)nc(-c5ccc(-c6ccc(-c7cccc8c7C7(c9ccccc9-c9ccccc97)c7ccccc7-8)cc6)cc5)n4)ccc3c2c1. The molecule has 0 unspecified atom stereocenters. The average molecular weight is 831 g/mol. The summed E-state index contributed by atoms with van der Waals surface area (Å²) in [5, 5.41) is 2.23. The standard InChI is InChI=1S/C59H34N4S/c1-60-42-31-33-53-49(35-42)47-32-30-41(34-54(47)64-53)58-62-56(39-12-3-2-4-13-39)61-57(63-58)40-28-24-37(25-29-40)36-22-26-38(27-23-36)43-17-11-18-48-46-16-7-10-21-52(46)59(55(43)48)50-19-8-5-14-44(50)45-15-6-9-20-51(45)59/h2-35H. The molecule has 0 amide bonds. The number of rotatable bonds is 5. The van der Waals surface area contributed by atoms with Crippen molar-refractivity contribution in [1.82, 2.24) is 15.0 Å². The van der Waals surface area contributed by atoms with E-state index >= 15 is 0 Å². The van der Waals surface area contributed by atoms with Crippen LogP contribution in [0.15, 0.2) is 206 Å². The largest absolute Gasteiger partial charge is 0.238 e. The lowest BCUT2D eigenvalue weighted by Gasteiger charge is -2.32. The molecule has 1 spiro atoms. The molecular formula is C59H34N4S. The highest BCUT2D eigenvalue weighted by Gasteiger charge is 2.52. The van der Waals surface area contributed by atoms with Crippen LogP contribution in [0.2, 0.25) is 0 Å². The van der Waals surface area contributed by atoms with Crippen molar-refractivity contribution in [2.75, 3.05) is 0 Å². The molecule has 0 N–H and O–H groups in total. The van der Waals surface area contributed by atoms with Gasteiger partial charge in [0.05, 0.1) is 12.0 Å². The zero-order valence-electron chi connectivity index (χ0n) is 34.3. The molecule has 2 heterocycles. The zero-order chi connectivity index (χ0) is 42.4. The highest BCUT2D eigenvalue weighted by Crippen LogP contribution is 2.64. The first-order chi connectivity index (χ1) is 31.7. The Kier molecular flexibility index (Phi) is 8.02. The van der Waals surface area contributed by atoms with E-state index in [0.717, 1.165) is 48.0 Å². The third-order valence-electron chi connectivity index (χ3n) is 13.2. The quantitative estimate of drug-likeness (QED) is 0.162.